The Labute approximate surface area is 164 Å². The molecule has 0 radical (unpaired) electrons. The molecule has 27 heavy (non-hydrogen) atoms. The molecule has 0 bridgehead atoms. The van der Waals surface area contributed by atoms with Gasteiger partial charge in [0.25, 0.3) is 0 Å². The van der Waals surface area contributed by atoms with E-state index in [-0.39, 0.29) is 18.0 Å². The number of aliphatic hydroxyl groups excluding tert-OH is 1. The Bertz CT molecular complexity index is 495. The molecule has 0 spiro atoms. The molecule has 0 heterocycles. The third-order valence-electron chi connectivity index (χ3n) is 5.66. The first kappa shape index (κ1) is 23.7. The molecule has 5 heteroatoms. The van der Waals surface area contributed by atoms with Crippen molar-refractivity contribution in [3.63, 3.8) is 0 Å². The van der Waals surface area contributed by atoms with Crippen molar-refractivity contribution in [2.45, 2.75) is 95.7 Å². The van der Waals surface area contributed by atoms with Crippen LogP contribution >= 0.6 is 0 Å². The summed E-state index contributed by atoms with van der Waals surface area (Å²) in [4.78, 5) is 11.1. The molecule has 0 aromatic heterocycles. The third-order valence-corrected chi connectivity index (χ3v) is 5.66. The molecule has 1 fully saturated rings. The molecular formula is C22H37NO4. The van der Waals surface area contributed by atoms with Crippen LogP contribution < -0.4 is 0 Å². The second-order valence-electron chi connectivity index (χ2n) is 8.08. The summed E-state index contributed by atoms with van der Waals surface area (Å²) in [6.07, 6.45) is 13.8. The zero-order valence-corrected chi connectivity index (χ0v) is 17.0. The van der Waals surface area contributed by atoms with E-state index in [1.807, 2.05) is 13.0 Å². The van der Waals surface area contributed by atoms with Gasteiger partial charge in [0.15, 0.2) is 0 Å². The normalized spacial score (nSPS) is 24.6. The Morgan fingerprint density at radius 1 is 1.22 bits per heavy atom. The van der Waals surface area contributed by atoms with Gasteiger partial charge < -0.3 is 14.9 Å². The maximum atomic E-state index is 11.1. The minimum Gasteiger partial charge on any atom is -0.469 e. The molecule has 0 aromatic carbocycles. The fraction of sp³-hybridized carbons (Fsp3) is 0.818. The van der Waals surface area contributed by atoms with Crippen LogP contribution in [0.1, 0.15) is 84.0 Å². The molecule has 0 aliphatic heterocycles. The lowest BCUT2D eigenvalue weighted by Crippen LogP contribution is -2.22. The van der Waals surface area contributed by atoms with Gasteiger partial charge in [-0.2, -0.15) is 5.26 Å². The molecular weight excluding hydrogens is 342 g/mol. The molecule has 1 saturated carbocycles. The summed E-state index contributed by atoms with van der Waals surface area (Å²) in [5.74, 6) is 0.392. The zero-order valence-electron chi connectivity index (χ0n) is 17.0. The lowest BCUT2D eigenvalue weighted by atomic mass is 9.87. The van der Waals surface area contributed by atoms with E-state index in [9.17, 15) is 15.0 Å². The monoisotopic (exact) mass is 379 g/mol. The van der Waals surface area contributed by atoms with Gasteiger partial charge in [-0.3, -0.25) is 4.79 Å². The van der Waals surface area contributed by atoms with Crippen molar-refractivity contribution in [3.8, 4) is 6.07 Å². The number of ether oxygens (including phenoxy) is 1. The number of hydrogen-bond acceptors (Lipinski definition) is 5. The van der Waals surface area contributed by atoms with Crippen molar-refractivity contribution in [3.05, 3.63) is 12.2 Å². The fourth-order valence-corrected chi connectivity index (χ4v) is 3.93. The van der Waals surface area contributed by atoms with E-state index in [2.05, 4.69) is 16.9 Å². The van der Waals surface area contributed by atoms with Gasteiger partial charge in [-0.15, -0.1) is 0 Å². The number of carbonyl (C=O) groups excluding carboxylic acids is 1. The number of nitrogens with zero attached hydrogens (tertiary/aromatic N) is 1. The van der Waals surface area contributed by atoms with E-state index in [1.54, 1.807) is 0 Å². The van der Waals surface area contributed by atoms with Crippen LogP contribution in [0.15, 0.2) is 12.2 Å². The Morgan fingerprint density at radius 3 is 2.67 bits per heavy atom. The molecule has 0 amide bonds. The highest BCUT2D eigenvalue weighted by atomic mass is 16.5. The topological polar surface area (TPSA) is 90.6 Å². The average molecular weight is 380 g/mol. The SMILES string of the molecule is COC(=O)CCCCCC1C(O)CCC1C=CC(C)(O)CCCCCC#N. The number of nitriles is 1. The van der Waals surface area contributed by atoms with Crippen LogP contribution in [0, 0.1) is 23.2 Å². The van der Waals surface area contributed by atoms with Crippen molar-refractivity contribution in [2.24, 2.45) is 11.8 Å². The standard InChI is InChI=1S/C22H37NO4/c1-22(26,15-8-3-4-9-17-23)16-14-18-12-13-20(24)19(18)10-6-5-7-11-21(25)27-2/h14,16,18-20,24,26H,3-13,15H2,1-2H3. The number of carbonyl (C=O) groups is 1. The van der Waals surface area contributed by atoms with Gasteiger partial charge in [0.2, 0.25) is 0 Å². The van der Waals surface area contributed by atoms with E-state index in [0.717, 1.165) is 57.8 Å². The lowest BCUT2D eigenvalue weighted by Gasteiger charge is -2.23. The molecule has 1 aliphatic carbocycles. The summed E-state index contributed by atoms with van der Waals surface area (Å²) in [5.41, 5.74) is -0.828. The summed E-state index contributed by atoms with van der Waals surface area (Å²) in [7, 11) is 1.41. The van der Waals surface area contributed by atoms with E-state index >= 15 is 0 Å². The predicted octanol–water partition coefficient (Wildman–Crippen LogP) is 4.28. The molecule has 1 aliphatic rings. The van der Waals surface area contributed by atoms with Crippen LogP contribution in [0.2, 0.25) is 0 Å². The van der Waals surface area contributed by atoms with Gasteiger partial charge in [-0.05, 0) is 57.3 Å². The van der Waals surface area contributed by atoms with Gasteiger partial charge >= 0.3 is 5.97 Å². The van der Waals surface area contributed by atoms with E-state index in [4.69, 9.17) is 5.26 Å². The van der Waals surface area contributed by atoms with Crippen LogP contribution in [-0.2, 0) is 9.53 Å². The summed E-state index contributed by atoms with van der Waals surface area (Å²) >= 11 is 0. The molecule has 5 nitrogen and oxygen atoms in total. The number of esters is 1. The van der Waals surface area contributed by atoms with Crippen LogP contribution in [0.3, 0.4) is 0 Å². The molecule has 4 unspecified atom stereocenters. The van der Waals surface area contributed by atoms with Crippen LogP contribution in [0.4, 0.5) is 0 Å². The summed E-state index contributed by atoms with van der Waals surface area (Å²) in [5, 5.41) is 29.4. The molecule has 154 valence electrons. The van der Waals surface area contributed by atoms with Crippen molar-refractivity contribution in [1.29, 1.82) is 5.26 Å². The number of allylic oxidation sites excluding steroid dienone is 1. The fourth-order valence-electron chi connectivity index (χ4n) is 3.93. The molecule has 0 aromatic rings. The number of unbranched alkanes of at least 4 members (excludes halogenated alkanes) is 5. The van der Waals surface area contributed by atoms with Crippen molar-refractivity contribution >= 4 is 5.97 Å². The second kappa shape index (κ2) is 12.9. The van der Waals surface area contributed by atoms with Gasteiger partial charge in [0, 0.05) is 12.8 Å². The van der Waals surface area contributed by atoms with Crippen molar-refractivity contribution in [1.82, 2.24) is 0 Å². The van der Waals surface area contributed by atoms with Gasteiger partial charge in [-0.25, -0.2) is 0 Å². The third kappa shape index (κ3) is 9.93. The molecule has 1 rings (SSSR count). The number of aliphatic hydroxyl groups is 2. The number of rotatable bonds is 13. The van der Waals surface area contributed by atoms with Crippen molar-refractivity contribution < 1.29 is 19.7 Å². The summed E-state index contributed by atoms with van der Waals surface area (Å²) < 4.78 is 4.65. The summed E-state index contributed by atoms with van der Waals surface area (Å²) in [6, 6.07) is 2.15. The van der Waals surface area contributed by atoms with Gasteiger partial charge in [0.1, 0.15) is 0 Å². The Morgan fingerprint density at radius 2 is 1.96 bits per heavy atom. The first-order valence-electron chi connectivity index (χ1n) is 10.4. The average Bonchev–Trinajstić information content (AvgIpc) is 2.99. The lowest BCUT2D eigenvalue weighted by molar-refractivity contribution is -0.140. The highest BCUT2D eigenvalue weighted by Gasteiger charge is 2.33. The predicted molar refractivity (Wildman–Crippen MR) is 106 cm³/mol. The minimum absolute atomic E-state index is 0.161. The van der Waals surface area contributed by atoms with Crippen LogP contribution in [0.25, 0.3) is 0 Å². The Hall–Kier alpha value is -1.38. The first-order valence-corrected chi connectivity index (χ1v) is 10.4. The number of hydrogen-bond donors (Lipinski definition) is 2. The maximum absolute atomic E-state index is 11.1. The van der Waals surface area contributed by atoms with Crippen LogP contribution in [-0.4, -0.2) is 35.0 Å². The van der Waals surface area contributed by atoms with E-state index in [0.29, 0.717) is 25.2 Å². The van der Waals surface area contributed by atoms with E-state index < -0.39 is 5.60 Å². The van der Waals surface area contributed by atoms with Gasteiger partial charge in [0.05, 0.1) is 24.9 Å². The Balaban J connectivity index is 2.37. The minimum atomic E-state index is -0.828. The van der Waals surface area contributed by atoms with Crippen molar-refractivity contribution in [2.75, 3.05) is 7.11 Å². The maximum Gasteiger partial charge on any atom is 0.305 e. The molecule has 4 atom stereocenters. The Kier molecular flexibility index (Phi) is 11.3. The highest BCUT2D eigenvalue weighted by Crippen LogP contribution is 2.37. The highest BCUT2D eigenvalue weighted by molar-refractivity contribution is 5.68. The quantitative estimate of drug-likeness (QED) is 0.283. The first-order chi connectivity index (χ1) is 12.9. The number of methoxy groups -OCH3 is 1. The molecule has 2 N–H and O–H groups in total. The second-order valence-corrected chi connectivity index (χ2v) is 8.08. The summed E-state index contributed by atoms with van der Waals surface area (Å²) in [6.45, 7) is 1.83. The smallest absolute Gasteiger partial charge is 0.305 e. The van der Waals surface area contributed by atoms with Gasteiger partial charge in [-0.1, -0.05) is 37.8 Å². The zero-order chi connectivity index (χ0) is 20.1. The molecule has 0 saturated heterocycles. The largest absolute Gasteiger partial charge is 0.469 e. The van der Waals surface area contributed by atoms with E-state index in [1.165, 1.54) is 7.11 Å². The van der Waals surface area contributed by atoms with Crippen LogP contribution in [0.5, 0.6) is 0 Å².